The van der Waals surface area contributed by atoms with Gasteiger partial charge >= 0.3 is 0 Å². The number of amides is 1. The number of halogens is 3. The van der Waals surface area contributed by atoms with Gasteiger partial charge in [-0.25, -0.2) is 13.8 Å². The average molecular weight is 472 g/mol. The summed E-state index contributed by atoms with van der Waals surface area (Å²) in [5.74, 6) is -2.13. The Morgan fingerprint density at radius 3 is 2.69 bits per heavy atom. The van der Waals surface area contributed by atoms with E-state index in [1.165, 1.54) is 6.07 Å². The first-order valence-corrected chi connectivity index (χ1v) is 10.9. The van der Waals surface area contributed by atoms with E-state index in [0.717, 1.165) is 28.0 Å². The van der Waals surface area contributed by atoms with Gasteiger partial charge in [-0.1, -0.05) is 41.6 Å². The second-order valence-corrected chi connectivity index (χ2v) is 8.32. The lowest BCUT2D eigenvalue weighted by atomic mass is 10.2. The number of nitrogens with one attached hydrogen (secondary N) is 1. The summed E-state index contributed by atoms with van der Waals surface area (Å²) in [6, 6.07) is 14.7. The van der Waals surface area contributed by atoms with Gasteiger partial charge in [-0.2, -0.15) is 0 Å². The van der Waals surface area contributed by atoms with Gasteiger partial charge in [-0.05, 0) is 48.9 Å². The highest BCUT2D eigenvalue weighted by Crippen LogP contribution is 2.25. The van der Waals surface area contributed by atoms with Crippen molar-refractivity contribution >= 4 is 45.9 Å². The van der Waals surface area contributed by atoms with Crippen LogP contribution in [0.2, 0.25) is 5.02 Å². The van der Waals surface area contributed by atoms with Crippen molar-refractivity contribution in [2.24, 2.45) is 0 Å². The first-order chi connectivity index (χ1) is 15.3. The molecule has 0 aliphatic carbocycles. The van der Waals surface area contributed by atoms with Crippen LogP contribution in [0.4, 0.5) is 14.5 Å². The molecule has 32 heavy (non-hydrogen) atoms. The van der Waals surface area contributed by atoms with E-state index in [2.05, 4.69) is 10.3 Å². The van der Waals surface area contributed by atoms with Gasteiger partial charge in [0.2, 0.25) is 5.91 Å². The average Bonchev–Trinajstić information content (AvgIpc) is 2.76. The van der Waals surface area contributed by atoms with Crippen molar-refractivity contribution < 1.29 is 13.6 Å². The zero-order chi connectivity index (χ0) is 22.8. The molecule has 4 aromatic rings. The molecule has 0 spiro atoms. The Morgan fingerprint density at radius 1 is 1.12 bits per heavy atom. The van der Waals surface area contributed by atoms with Gasteiger partial charge in [-0.3, -0.25) is 14.2 Å². The number of carbonyl (C=O) groups is 1. The van der Waals surface area contributed by atoms with Gasteiger partial charge < -0.3 is 5.32 Å². The van der Waals surface area contributed by atoms with Gasteiger partial charge in [-0.15, -0.1) is 0 Å². The highest BCUT2D eigenvalue weighted by atomic mass is 35.5. The van der Waals surface area contributed by atoms with Crippen LogP contribution in [0.3, 0.4) is 0 Å². The monoisotopic (exact) mass is 471 g/mol. The molecule has 0 atom stereocenters. The number of para-hydroxylation sites is 1. The maximum atomic E-state index is 14.5. The van der Waals surface area contributed by atoms with Crippen LogP contribution in [0.1, 0.15) is 5.56 Å². The molecule has 9 heteroatoms. The Kier molecular flexibility index (Phi) is 6.25. The number of aromatic nitrogens is 2. The Balaban J connectivity index is 1.70. The van der Waals surface area contributed by atoms with E-state index >= 15 is 0 Å². The number of thioether (sulfide) groups is 1. The maximum Gasteiger partial charge on any atom is 0.266 e. The predicted octanol–water partition coefficient (Wildman–Crippen LogP) is 5.36. The molecule has 3 aromatic carbocycles. The lowest BCUT2D eigenvalue weighted by Crippen LogP contribution is -2.24. The van der Waals surface area contributed by atoms with E-state index < -0.39 is 17.2 Å². The zero-order valence-corrected chi connectivity index (χ0v) is 18.3. The maximum absolute atomic E-state index is 14.5. The van der Waals surface area contributed by atoms with Crippen molar-refractivity contribution in [2.45, 2.75) is 12.1 Å². The molecule has 162 valence electrons. The Morgan fingerprint density at radius 2 is 1.91 bits per heavy atom. The minimum absolute atomic E-state index is 0.0977. The van der Waals surface area contributed by atoms with Gasteiger partial charge in [0.1, 0.15) is 11.6 Å². The number of aryl methyl sites for hydroxylation is 1. The summed E-state index contributed by atoms with van der Waals surface area (Å²) in [7, 11) is 0. The number of fused-ring (bicyclic) bond motifs is 1. The van der Waals surface area contributed by atoms with Crippen molar-refractivity contribution in [2.75, 3.05) is 11.1 Å². The summed E-state index contributed by atoms with van der Waals surface area (Å²) in [4.78, 5) is 30.1. The van der Waals surface area contributed by atoms with Crippen molar-refractivity contribution in [3.63, 3.8) is 0 Å². The van der Waals surface area contributed by atoms with Crippen molar-refractivity contribution in [3.05, 3.63) is 93.2 Å². The zero-order valence-electron chi connectivity index (χ0n) is 16.7. The minimum atomic E-state index is -0.912. The van der Waals surface area contributed by atoms with Crippen LogP contribution in [0.25, 0.3) is 16.6 Å². The Labute approximate surface area is 191 Å². The van der Waals surface area contributed by atoms with E-state index in [-0.39, 0.29) is 27.9 Å². The lowest BCUT2D eigenvalue weighted by Gasteiger charge is -2.14. The topological polar surface area (TPSA) is 64.0 Å². The molecule has 5 nitrogen and oxygen atoms in total. The Hall–Kier alpha value is -3.23. The highest BCUT2D eigenvalue weighted by molar-refractivity contribution is 7.99. The van der Waals surface area contributed by atoms with Crippen molar-refractivity contribution in [1.82, 2.24) is 9.55 Å². The number of anilines is 1. The molecule has 0 aliphatic rings. The van der Waals surface area contributed by atoms with E-state index in [0.29, 0.717) is 22.3 Å². The summed E-state index contributed by atoms with van der Waals surface area (Å²) in [5, 5.41) is 3.64. The molecular formula is C23H16ClF2N3O2S. The normalized spacial score (nSPS) is 11.0. The SMILES string of the molecule is Cc1ccc(Cl)cc1NC(=O)CSc1nc2ccccc2c(=O)n1-c1ccc(F)cc1F. The largest absolute Gasteiger partial charge is 0.325 e. The molecule has 0 saturated heterocycles. The molecule has 0 aliphatic heterocycles. The number of hydrogen-bond donors (Lipinski definition) is 1. The second-order valence-electron chi connectivity index (χ2n) is 6.94. The smallest absolute Gasteiger partial charge is 0.266 e. The number of hydrogen-bond acceptors (Lipinski definition) is 4. The van der Waals surface area contributed by atoms with E-state index in [1.807, 2.05) is 6.92 Å². The van der Waals surface area contributed by atoms with Crippen LogP contribution in [-0.4, -0.2) is 21.2 Å². The summed E-state index contributed by atoms with van der Waals surface area (Å²) in [5.41, 5.74) is 1.14. The van der Waals surface area contributed by atoms with E-state index in [1.54, 1.807) is 42.5 Å². The molecular weight excluding hydrogens is 456 g/mol. The fourth-order valence-electron chi connectivity index (χ4n) is 3.13. The molecule has 0 bridgehead atoms. The van der Waals surface area contributed by atoms with E-state index in [4.69, 9.17) is 11.6 Å². The van der Waals surface area contributed by atoms with Gasteiger partial charge in [0.05, 0.1) is 22.3 Å². The minimum Gasteiger partial charge on any atom is -0.325 e. The van der Waals surface area contributed by atoms with Crippen molar-refractivity contribution in [3.8, 4) is 5.69 Å². The Bertz CT molecular complexity index is 1410. The molecule has 0 unspecified atom stereocenters. The summed E-state index contributed by atoms with van der Waals surface area (Å²) < 4.78 is 29.0. The molecule has 1 N–H and O–H groups in total. The third-order valence-corrected chi connectivity index (χ3v) is 5.88. The first-order valence-electron chi connectivity index (χ1n) is 9.49. The molecule has 0 saturated carbocycles. The number of rotatable bonds is 5. The summed E-state index contributed by atoms with van der Waals surface area (Å²) in [6.07, 6.45) is 0. The van der Waals surface area contributed by atoms with Crippen molar-refractivity contribution in [1.29, 1.82) is 0 Å². The van der Waals surface area contributed by atoms with Crippen LogP contribution in [0.5, 0.6) is 0 Å². The number of nitrogens with zero attached hydrogens (tertiary/aromatic N) is 2. The summed E-state index contributed by atoms with van der Waals surface area (Å²) >= 11 is 6.96. The van der Waals surface area contributed by atoms with Crippen LogP contribution >= 0.6 is 23.4 Å². The van der Waals surface area contributed by atoms with Crippen LogP contribution in [-0.2, 0) is 4.79 Å². The van der Waals surface area contributed by atoms with Gasteiger partial charge in [0.25, 0.3) is 5.56 Å². The number of carbonyl (C=O) groups excluding carboxylic acids is 1. The standard InChI is InChI=1S/C23H16ClF2N3O2S/c1-13-6-7-14(24)10-19(13)27-21(30)12-32-23-28-18-5-3-2-4-16(18)22(31)29(23)20-9-8-15(25)11-17(20)26/h2-11H,12H2,1H3,(H,27,30). The molecule has 1 heterocycles. The van der Waals surface area contributed by atoms with E-state index in [9.17, 15) is 18.4 Å². The fourth-order valence-corrected chi connectivity index (χ4v) is 4.11. The molecule has 0 fully saturated rings. The number of benzene rings is 3. The summed E-state index contributed by atoms with van der Waals surface area (Å²) in [6.45, 7) is 1.83. The predicted molar refractivity (Wildman–Crippen MR) is 123 cm³/mol. The third-order valence-electron chi connectivity index (χ3n) is 4.70. The van der Waals surface area contributed by atoms with Crippen LogP contribution < -0.4 is 10.9 Å². The molecule has 0 radical (unpaired) electrons. The fraction of sp³-hybridized carbons (Fsp3) is 0.0870. The van der Waals surface area contributed by atoms with Crippen LogP contribution in [0.15, 0.2) is 70.6 Å². The third kappa shape index (κ3) is 4.51. The molecule has 1 aromatic heterocycles. The van der Waals surface area contributed by atoms with Gasteiger partial charge in [0, 0.05) is 16.8 Å². The second kappa shape index (κ2) is 9.10. The lowest BCUT2D eigenvalue weighted by molar-refractivity contribution is -0.113. The quantitative estimate of drug-likeness (QED) is 0.314. The first kappa shape index (κ1) is 22.0. The molecule has 4 rings (SSSR count). The van der Waals surface area contributed by atoms with Crippen LogP contribution in [0, 0.1) is 18.6 Å². The van der Waals surface area contributed by atoms with Gasteiger partial charge in [0.15, 0.2) is 5.16 Å². The highest BCUT2D eigenvalue weighted by Gasteiger charge is 2.18. The molecule has 1 amide bonds.